The van der Waals surface area contributed by atoms with Gasteiger partial charge < -0.3 is 14.3 Å². The van der Waals surface area contributed by atoms with Crippen LogP contribution in [0.2, 0.25) is 0 Å². The van der Waals surface area contributed by atoms with E-state index < -0.39 is 5.63 Å². The number of ether oxygens (including phenoxy) is 1. The topological polar surface area (TPSA) is 59.7 Å². The standard InChI is InChI=1S/C25H21BrO4/c1-16-4-2-3-5-20(16)24-22(14-17-6-9-19(10-7-17)29-13-12-26)21-11-8-18(27)15-23(21)30-25(24)28/h2-11,15,27H,12-14H2,1H3. The first-order valence-electron chi connectivity index (χ1n) is 9.69. The van der Waals surface area contributed by atoms with E-state index in [-0.39, 0.29) is 5.75 Å². The summed E-state index contributed by atoms with van der Waals surface area (Å²) in [6.07, 6.45) is 0.551. The van der Waals surface area contributed by atoms with Crippen LogP contribution in [0.3, 0.4) is 0 Å². The van der Waals surface area contributed by atoms with Gasteiger partial charge in [-0.1, -0.05) is 52.3 Å². The zero-order chi connectivity index (χ0) is 21.1. The molecule has 3 aromatic carbocycles. The van der Waals surface area contributed by atoms with Crippen molar-refractivity contribution in [2.24, 2.45) is 0 Å². The Morgan fingerprint density at radius 1 is 1.03 bits per heavy atom. The van der Waals surface area contributed by atoms with Crippen LogP contribution in [0.25, 0.3) is 22.1 Å². The minimum absolute atomic E-state index is 0.0635. The SMILES string of the molecule is Cc1ccccc1-c1c(Cc2ccc(OCCBr)cc2)c2ccc(O)cc2oc1=O. The van der Waals surface area contributed by atoms with Gasteiger partial charge in [-0.2, -0.15) is 0 Å². The number of aryl methyl sites for hydroxylation is 1. The van der Waals surface area contributed by atoms with Crippen molar-refractivity contribution in [3.8, 4) is 22.6 Å². The Labute approximate surface area is 182 Å². The minimum Gasteiger partial charge on any atom is -0.508 e. The highest BCUT2D eigenvalue weighted by Gasteiger charge is 2.18. The van der Waals surface area contributed by atoms with E-state index in [9.17, 15) is 9.90 Å². The van der Waals surface area contributed by atoms with E-state index in [1.165, 1.54) is 6.07 Å². The van der Waals surface area contributed by atoms with Crippen LogP contribution in [0.1, 0.15) is 16.7 Å². The lowest BCUT2D eigenvalue weighted by atomic mass is 9.91. The van der Waals surface area contributed by atoms with Crippen molar-refractivity contribution in [2.75, 3.05) is 11.9 Å². The Morgan fingerprint density at radius 3 is 2.53 bits per heavy atom. The molecule has 0 radical (unpaired) electrons. The highest BCUT2D eigenvalue weighted by Crippen LogP contribution is 2.32. The maximum absolute atomic E-state index is 13.0. The summed E-state index contributed by atoms with van der Waals surface area (Å²) in [5.74, 6) is 0.869. The van der Waals surface area contributed by atoms with Crippen molar-refractivity contribution >= 4 is 26.9 Å². The molecule has 0 aliphatic heterocycles. The third-order valence-corrected chi connectivity index (χ3v) is 5.39. The van der Waals surface area contributed by atoms with Gasteiger partial charge >= 0.3 is 5.63 Å². The first-order chi connectivity index (χ1) is 14.6. The number of hydrogen-bond acceptors (Lipinski definition) is 4. The average Bonchev–Trinajstić information content (AvgIpc) is 2.74. The van der Waals surface area contributed by atoms with Crippen molar-refractivity contribution in [2.45, 2.75) is 13.3 Å². The number of phenols is 1. The molecular weight excluding hydrogens is 444 g/mol. The Morgan fingerprint density at radius 2 is 1.80 bits per heavy atom. The van der Waals surface area contributed by atoms with Gasteiger partial charge in [0, 0.05) is 16.8 Å². The maximum Gasteiger partial charge on any atom is 0.344 e. The summed E-state index contributed by atoms with van der Waals surface area (Å²) in [5, 5.41) is 11.4. The zero-order valence-electron chi connectivity index (χ0n) is 16.5. The minimum atomic E-state index is -0.408. The fraction of sp³-hybridized carbons (Fsp3) is 0.160. The van der Waals surface area contributed by atoms with Gasteiger partial charge in [-0.3, -0.25) is 0 Å². The normalized spacial score (nSPS) is 11.0. The van der Waals surface area contributed by atoms with E-state index in [0.29, 0.717) is 24.2 Å². The lowest BCUT2D eigenvalue weighted by molar-refractivity contribution is 0.345. The summed E-state index contributed by atoms with van der Waals surface area (Å²) < 4.78 is 11.2. The summed E-state index contributed by atoms with van der Waals surface area (Å²) in [5.41, 5.74) is 4.32. The van der Waals surface area contributed by atoms with Crippen molar-refractivity contribution in [1.82, 2.24) is 0 Å². The third-order valence-electron chi connectivity index (χ3n) is 5.06. The number of fused-ring (bicyclic) bond motifs is 1. The van der Waals surface area contributed by atoms with Crippen molar-refractivity contribution < 1.29 is 14.3 Å². The molecule has 0 bridgehead atoms. The van der Waals surface area contributed by atoms with Crippen molar-refractivity contribution in [3.63, 3.8) is 0 Å². The number of aromatic hydroxyl groups is 1. The maximum atomic E-state index is 13.0. The van der Waals surface area contributed by atoms with E-state index in [4.69, 9.17) is 9.15 Å². The Kier molecular flexibility index (Phi) is 5.91. The van der Waals surface area contributed by atoms with E-state index >= 15 is 0 Å². The first kappa shape index (κ1) is 20.2. The van der Waals surface area contributed by atoms with Crippen LogP contribution in [-0.2, 0) is 6.42 Å². The summed E-state index contributed by atoms with van der Waals surface area (Å²) in [4.78, 5) is 13.0. The molecule has 0 saturated carbocycles. The number of phenolic OH excluding ortho intramolecular Hbond substituents is 1. The van der Waals surface area contributed by atoms with E-state index in [1.54, 1.807) is 12.1 Å². The molecule has 0 saturated heterocycles. The molecule has 30 heavy (non-hydrogen) atoms. The van der Waals surface area contributed by atoms with Crippen molar-refractivity contribution in [3.05, 3.63) is 93.8 Å². The Bertz CT molecular complexity index is 1240. The molecule has 1 N–H and O–H groups in total. The van der Waals surface area contributed by atoms with Gasteiger partial charge in [0.05, 0.1) is 12.2 Å². The lowest BCUT2D eigenvalue weighted by Crippen LogP contribution is -2.09. The second-order valence-electron chi connectivity index (χ2n) is 7.10. The zero-order valence-corrected chi connectivity index (χ0v) is 18.1. The molecule has 1 aromatic heterocycles. The summed E-state index contributed by atoms with van der Waals surface area (Å²) >= 11 is 3.36. The van der Waals surface area contributed by atoms with Gasteiger partial charge in [0.2, 0.25) is 0 Å². The molecule has 0 amide bonds. The van der Waals surface area contributed by atoms with E-state index in [1.807, 2.05) is 55.5 Å². The van der Waals surface area contributed by atoms with E-state index in [2.05, 4.69) is 15.9 Å². The van der Waals surface area contributed by atoms with Crippen LogP contribution in [-0.4, -0.2) is 17.0 Å². The van der Waals surface area contributed by atoms with Crippen LogP contribution in [0.15, 0.2) is 75.9 Å². The Balaban J connectivity index is 1.87. The number of hydrogen-bond donors (Lipinski definition) is 1. The van der Waals surface area contributed by atoms with Gasteiger partial charge in [-0.15, -0.1) is 0 Å². The predicted molar refractivity (Wildman–Crippen MR) is 123 cm³/mol. The predicted octanol–water partition coefficient (Wildman–Crippen LogP) is 5.84. The number of halogens is 1. The third kappa shape index (κ3) is 4.12. The highest BCUT2D eigenvalue weighted by atomic mass is 79.9. The van der Waals surface area contributed by atoms with Crippen LogP contribution >= 0.6 is 15.9 Å². The molecule has 0 unspecified atom stereocenters. The molecule has 152 valence electrons. The molecule has 0 atom stereocenters. The summed E-state index contributed by atoms with van der Waals surface area (Å²) in [6.45, 7) is 2.58. The molecular formula is C25H21BrO4. The first-order valence-corrected chi connectivity index (χ1v) is 10.8. The molecule has 0 aliphatic carbocycles. The number of alkyl halides is 1. The van der Waals surface area contributed by atoms with Crippen LogP contribution < -0.4 is 10.4 Å². The smallest absolute Gasteiger partial charge is 0.344 e. The average molecular weight is 465 g/mol. The van der Waals surface area contributed by atoms with Crippen LogP contribution in [0.5, 0.6) is 11.5 Å². The second-order valence-corrected chi connectivity index (χ2v) is 7.89. The van der Waals surface area contributed by atoms with E-state index in [0.717, 1.165) is 38.7 Å². The largest absolute Gasteiger partial charge is 0.508 e. The van der Waals surface area contributed by atoms with Crippen LogP contribution in [0, 0.1) is 6.92 Å². The van der Waals surface area contributed by atoms with Gasteiger partial charge in [0.1, 0.15) is 17.1 Å². The fourth-order valence-corrected chi connectivity index (χ4v) is 3.79. The fourth-order valence-electron chi connectivity index (χ4n) is 3.63. The highest BCUT2D eigenvalue weighted by molar-refractivity contribution is 9.09. The molecule has 4 aromatic rings. The number of benzene rings is 3. The Hall–Kier alpha value is -3.05. The molecule has 0 spiro atoms. The van der Waals surface area contributed by atoms with Gasteiger partial charge in [-0.25, -0.2) is 4.79 Å². The summed E-state index contributed by atoms with van der Waals surface area (Å²) in [6, 6.07) is 20.6. The lowest BCUT2D eigenvalue weighted by Gasteiger charge is -2.14. The summed E-state index contributed by atoms with van der Waals surface area (Å²) in [7, 11) is 0. The second kappa shape index (κ2) is 8.76. The van der Waals surface area contributed by atoms with Gasteiger partial charge in [0.15, 0.2) is 0 Å². The molecule has 0 fully saturated rings. The molecule has 5 heteroatoms. The molecule has 4 rings (SSSR count). The molecule has 0 aliphatic rings. The molecule has 1 heterocycles. The van der Waals surface area contributed by atoms with Crippen LogP contribution in [0.4, 0.5) is 0 Å². The van der Waals surface area contributed by atoms with Gasteiger partial charge in [-0.05, 0) is 59.9 Å². The van der Waals surface area contributed by atoms with Crippen molar-refractivity contribution in [1.29, 1.82) is 0 Å². The monoisotopic (exact) mass is 464 g/mol. The van der Waals surface area contributed by atoms with Gasteiger partial charge in [0.25, 0.3) is 0 Å². The number of rotatable bonds is 6. The molecule has 4 nitrogen and oxygen atoms in total. The quantitative estimate of drug-likeness (QED) is 0.287.